The van der Waals surface area contributed by atoms with Crippen LogP contribution in [0.2, 0.25) is 0 Å². The van der Waals surface area contributed by atoms with Crippen LogP contribution in [0.4, 0.5) is 0 Å². The molecule has 2 heterocycles. The van der Waals surface area contributed by atoms with Gasteiger partial charge < -0.3 is 4.74 Å². The van der Waals surface area contributed by atoms with Gasteiger partial charge in [-0.3, -0.25) is 4.79 Å². The van der Waals surface area contributed by atoms with Gasteiger partial charge in [0.15, 0.2) is 0 Å². The van der Waals surface area contributed by atoms with Gasteiger partial charge in [-0.2, -0.15) is 11.8 Å². The van der Waals surface area contributed by atoms with Crippen LogP contribution in [0.15, 0.2) is 0 Å². The third-order valence-electron chi connectivity index (χ3n) is 4.62. The van der Waals surface area contributed by atoms with Crippen molar-refractivity contribution < 1.29 is 9.53 Å². The highest BCUT2D eigenvalue weighted by Gasteiger charge is 2.38. The summed E-state index contributed by atoms with van der Waals surface area (Å²) in [4.78, 5) is 12.0. The summed E-state index contributed by atoms with van der Waals surface area (Å²) in [5, 5.41) is 0. The molecular formula is C16H28O2S. The maximum Gasteiger partial charge on any atom is 0.138 e. The summed E-state index contributed by atoms with van der Waals surface area (Å²) in [6, 6.07) is 0. The average molecular weight is 284 g/mol. The molecule has 2 fully saturated rings. The van der Waals surface area contributed by atoms with Crippen molar-refractivity contribution in [1.82, 2.24) is 0 Å². The Morgan fingerprint density at radius 2 is 2.00 bits per heavy atom. The number of thioether (sulfide) groups is 1. The summed E-state index contributed by atoms with van der Waals surface area (Å²) in [5.41, 5.74) is -0.0106. The van der Waals surface area contributed by atoms with Gasteiger partial charge in [0, 0.05) is 18.4 Å². The minimum Gasteiger partial charge on any atom is -0.375 e. The molecule has 0 bridgehead atoms. The zero-order chi connectivity index (χ0) is 13.9. The number of ether oxygens (including phenoxy) is 1. The fourth-order valence-corrected chi connectivity index (χ4v) is 4.41. The van der Waals surface area contributed by atoms with Gasteiger partial charge in [-0.1, -0.05) is 20.8 Å². The van der Waals surface area contributed by atoms with Crippen molar-refractivity contribution >= 4 is 17.5 Å². The van der Waals surface area contributed by atoms with E-state index in [1.165, 1.54) is 30.8 Å². The Hall–Kier alpha value is -0.0200. The number of hydrogen-bond acceptors (Lipinski definition) is 3. The lowest BCUT2D eigenvalue weighted by atomic mass is 9.78. The van der Waals surface area contributed by atoms with Crippen LogP contribution in [0, 0.1) is 11.3 Å². The monoisotopic (exact) mass is 284 g/mol. The second-order valence-corrected chi connectivity index (χ2v) is 8.44. The molecule has 0 aliphatic carbocycles. The molecule has 1 unspecified atom stereocenters. The Bertz CT molecular complexity index is 308. The van der Waals surface area contributed by atoms with Crippen LogP contribution in [0.1, 0.15) is 59.3 Å². The maximum atomic E-state index is 12.0. The van der Waals surface area contributed by atoms with Crippen molar-refractivity contribution in [2.45, 2.75) is 64.9 Å². The Morgan fingerprint density at radius 1 is 1.32 bits per heavy atom. The molecule has 0 aromatic rings. The normalized spacial score (nSPS) is 27.4. The van der Waals surface area contributed by atoms with Gasteiger partial charge in [0.05, 0.1) is 5.60 Å². The summed E-state index contributed by atoms with van der Waals surface area (Å²) >= 11 is 2.05. The zero-order valence-corrected chi connectivity index (χ0v) is 13.5. The standard InChI is InChI=1S/C16H28O2S/c1-15(2,3)14(17)5-4-13-6-9-18-16(12-13)7-10-19-11-8-16/h13H,4-12H2,1-3H3. The van der Waals surface area contributed by atoms with Crippen LogP contribution in [-0.2, 0) is 9.53 Å². The molecule has 3 heteroatoms. The van der Waals surface area contributed by atoms with Gasteiger partial charge in [0.25, 0.3) is 0 Å². The highest BCUT2D eigenvalue weighted by molar-refractivity contribution is 7.99. The molecule has 1 atom stereocenters. The van der Waals surface area contributed by atoms with Crippen molar-refractivity contribution in [3.63, 3.8) is 0 Å². The predicted octanol–water partition coefficient (Wildman–Crippen LogP) is 4.07. The van der Waals surface area contributed by atoms with Crippen LogP contribution in [0.25, 0.3) is 0 Å². The van der Waals surface area contributed by atoms with E-state index >= 15 is 0 Å². The molecule has 2 nitrogen and oxygen atoms in total. The molecule has 0 aromatic carbocycles. The van der Waals surface area contributed by atoms with E-state index in [1.807, 2.05) is 20.8 Å². The maximum absolute atomic E-state index is 12.0. The minimum absolute atomic E-state index is 0.166. The summed E-state index contributed by atoms with van der Waals surface area (Å²) in [5.74, 6) is 3.59. The summed E-state index contributed by atoms with van der Waals surface area (Å²) in [6.45, 7) is 6.98. The third-order valence-corrected chi connectivity index (χ3v) is 5.60. The molecule has 0 saturated carbocycles. The number of ketones is 1. The minimum atomic E-state index is -0.176. The van der Waals surface area contributed by atoms with E-state index in [0.717, 1.165) is 25.9 Å². The van der Waals surface area contributed by atoms with E-state index in [9.17, 15) is 4.79 Å². The largest absolute Gasteiger partial charge is 0.375 e. The van der Waals surface area contributed by atoms with Crippen molar-refractivity contribution in [2.24, 2.45) is 11.3 Å². The molecule has 0 aromatic heterocycles. The van der Waals surface area contributed by atoms with Gasteiger partial charge >= 0.3 is 0 Å². The van der Waals surface area contributed by atoms with Gasteiger partial charge in [0.2, 0.25) is 0 Å². The lowest BCUT2D eigenvalue weighted by Gasteiger charge is -2.43. The van der Waals surface area contributed by atoms with E-state index < -0.39 is 0 Å². The molecule has 0 N–H and O–H groups in total. The Kier molecular flexibility index (Phi) is 4.99. The average Bonchev–Trinajstić information content (AvgIpc) is 2.36. The first-order valence-electron chi connectivity index (χ1n) is 7.66. The second-order valence-electron chi connectivity index (χ2n) is 7.21. The zero-order valence-electron chi connectivity index (χ0n) is 12.7. The molecule has 2 aliphatic rings. The van der Waals surface area contributed by atoms with Crippen molar-refractivity contribution in [3.05, 3.63) is 0 Å². The molecule has 1 spiro atoms. The fraction of sp³-hybridized carbons (Fsp3) is 0.938. The topological polar surface area (TPSA) is 26.3 Å². The molecule has 2 rings (SSSR count). The van der Waals surface area contributed by atoms with Crippen molar-refractivity contribution in [3.8, 4) is 0 Å². The molecule has 110 valence electrons. The lowest BCUT2D eigenvalue weighted by molar-refractivity contribution is -0.128. The van der Waals surface area contributed by atoms with Gasteiger partial charge in [0.1, 0.15) is 5.78 Å². The van der Waals surface area contributed by atoms with Crippen LogP contribution in [0.3, 0.4) is 0 Å². The van der Waals surface area contributed by atoms with Gasteiger partial charge in [-0.15, -0.1) is 0 Å². The van der Waals surface area contributed by atoms with Crippen molar-refractivity contribution in [2.75, 3.05) is 18.1 Å². The highest BCUT2D eigenvalue weighted by Crippen LogP contribution is 2.41. The van der Waals surface area contributed by atoms with E-state index in [1.54, 1.807) is 0 Å². The first kappa shape index (κ1) is 15.4. The summed E-state index contributed by atoms with van der Waals surface area (Å²) in [7, 11) is 0. The number of hydrogen-bond donors (Lipinski definition) is 0. The number of carbonyl (C=O) groups excluding carboxylic acids is 1. The Balaban J connectivity index is 1.83. The molecule has 19 heavy (non-hydrogen) atoms. The second kappa shape index (κ2) is 6.17. The Morgan fingerprint density at radius 3 is 2.63 bits per heavy atom. The molecular weight excluding hydrogens is 256 g/mol. The van der Waals surface area contributed by atoms with E-state index in [0.29, 0.717) is 11.7 Å². The first-order valence-corrected chi connectivity index (χ1v) is 8.82. The quantitative estimate of drug-likeness (QED) is 0.781. The number of rotatable bonds is 3. The summed E-state index contributed by atoms with van der Waals surface area (Å²) in [6.07, 6.45) is 6.56. The van der Waals surface area contributed by atoms with E-state index in [4.69, 9.17) is 4.74 Å². The van der Waals surface area contributed by atoms with E-state index in [2.05, 4.69) is 11.8 Å². The van der Waals surface area contributed by atoms with Crippen LogP contribution in [0.5, 0.6) is 0 Å². The van der Waals surface area contributed by atoms with Crippen molar-refractivity contribution in [1.29, 1.82) is 0 Å². The molecule has 0 amide bonds. The smallest absolute Gasteiger partial charge is 0.138 e. The predicted molar refractivity (Wildman–Crippen MR) is 81.7 cm³/mol. The number of carbonyl (C=O) groups is 1. The van der Waals surface area contributed by atoms with E-state index in [-0.39, 0.29) is 11.0 Å². The lowest BCUT2D eigenvalue weighted by Crippen LogP contribution is -2.43. The van der Waals surface area contributed by atoms with Crippen LogP contribution >= 0.6 is 11.8 Å². The molecule has 0 radical (unpaired) electrons. The Labute approximate surface area is 122 Å². The summed E-state index contributed by atoms with van der Waals surface area (Å²) < 4.78 is 6.11. The SMILES string of the molecule is CC(C)(C)C(=O)CCC1CCOC2(CCSCC2)C1. The molecule has 2 aliphatic heterocycles. The fourth-order valence-electron chi connectivity index (χ4n) is 3.18. The number of Topliss-reactive ketones (excluding diaryl/α,β-unsaturated/α-hetero) is 1. The van der Waals surface area contributed by atoms with Gasteiger partial charge in [-0.25, -0.2) is 0 Å². The van der Waals surface area contributed by atoms with Gasteiger partial charge in [-0.05, 0) is 49.5 Å². The van der Waals surface area contributed by atoms with Crippen LogP contribution < -0.4 is 0 Å². The van der Waals surface area contributed by atoms with Crippen LogP contribution in [-0.4, -0.2) is 29.5 Å². The first-order chi connectivity index (χ1) is 8.91. The molecule has 2 saturated heterocycles. The third kappa shape index (κ3) is 4.22. The highest BCUT2D eigenvalue weighted by atomic mass is 32.2.